The van der Waals surface area contributed by atoms with E-state index in [0.717, 1.165) is 4.90 Å². The number of nitrogens with zero attached hydrogens (tertiary/aromatic N) is 1. The molecule has 0 aliphatic rings. The van der Waals surface area contributed by atoms with Gasteiger partial charge in [-0.05, 0) is 37.6 Å². The second kappa shape index (κ2) is 7.25. The molecule has 2 unspecified atom stereocenters. The van der Waals surface area contributed by atoms with Gasteiger partial charge in [0.15, 0.2) is 0 Å². The number of carbonyl (C=O) groups is 1. The van der Waals surface area contributed by atoms with Crippen LogP contribution in [0, 0.1) is 0 Å². The molecule has 5 nitrogen and oxygen atoms in total. The highest BCUT2D eigenvalue weighted by Gasteiger charge is 2.09. The summed E-state index contributed by atoms with van der Waals surface area (Å²) < 4.78 is 11.2. The minimum atomic E-state index is -1.02. The maximum Gasteiger partial charge on any atom is 0.321 e. The third-order valence-corrected chi connectivity index (χ3v) is 3.60. The number of amides is 2. The third kappa shape index (κ3) is 5.40. The Morgan fingerprint density at radius 2 is 2.00 bits per heavy atom. The molecular weight excluding hydrogens is 264 g/mol. The average Bonchev–Trinajstić information content (AvgIpc) is 2.36. The first-order valence-corrected chi connectivity index (χ1v) is 7.59. The Morgan fingerprint density at radius 1 is 1.42 bits per heavy atom. The van der Waals surface area contributed by atoms with Gasteiger partial charge in [-0.15, -0.1) is 0 Å². The minimum absolute atomic E-state index is 0.231. The molecule has 2 N–H and O–H groups in total. The van der Waals surface area contributed by atoms with Crippen LogP contribution in [0.5, 0.6) is 0 Å². The molecule has 0 spiro atoms. The van der Waals surface area contributed by atoms with Crippen LogP contribution in [0.15, 0.2) is 29.2 Å². The van der Waals surface area contributed by atoms with E-state index in [1.54, 1.807) is 44.5 Å². The number of urea groups is 1. The van der Waals surface area contributed by atoms with Crippen LogP contribution in [0.2, 0.25) is 0 Å². The smallest absolute Gasteiger partial charge is 0.321 e. The number of anilines is 1. The van der Waals surface area contributed by atoms with Crippen molar-refractivity contribution in [1.82, 2.24) is 4.90 Å². The SMILES string of the molecule is CC(O)CCN(C)C(=O)Nc1ccc(S(C)=O)cc1. The second-order valence-corrected chi connectivity index (χ2v) is 5.85. The summed E-state index contributed by atoms with van der Waals surface area (Å²) in [6.07, 6.45) is 1.73. The van der Waals surface area contributed by atoms with Gasteiger partial charge >= 0.3 is 6.03 Å². The van der Waals surface area contributed by atoms with Crippen LogP contribution in [0.3, 0.4) is 0 Å². The largest absolute Gasteiger partial charge is 0.393 e. The predicted octanol–water partition coefficient (Wildman–Crippen LogP) is 1.66. The van der Waals surface area contributed by atoms with Crippen molar-refractivity contribution in [1.29, 1.82) is 0 Å². The molecule has 0 saturated carbocycles. The monoisotopic (exact) mass is 284 g/mol. The first kappa shape index (κ1) is 15.7. The van der Waals surface area contributed by atoms with Crippen molar-refractivity contribution < 1.29 is 14.1 Å². The van der Waals surface area contributed by atoms with Gasteiger partial charge < -0.3 is 15.3 Å². The van der Waals surface area contributed by atoms with Gasteiger partial charge in [-0.1, -0.05) is 0 Å². The van der Waals surface area contributed by atoms with E-state index in [1.807, 2.05) is 0 Å². The molecule has 0 aromatic heterocycles. The summed E-state index contributed by atoms with van der Waals surface area (Å²) in [5.74, 6) is 0. The molecule has 6 heteroatoms. The van der Waals surface area contributed by atoms with Crippen molar-refractivity contribution in [3.05, 3.63) is 24.3 Å². The summed E-state index contributed by atoms with van der Waals surface area (Å²) in [4.78, 5) is 14.1. The fraction of sp³-hybridized carbons (Fsp3) is 0.462. The van der Waals surface area contributed by atoms with Crippen LogP contribution >= 0.6 is 0 Å². The molecule has 0 fully saturated rings. The molecule has 0 saturated heterocycles. The van der Waals surface area contributed by atoms with E-state index < -0.39 is 16.9 Å². The molecule has 0 radical (unpaired) electrons. The van der Waals surface area contributed by atoms with E-state index in [1.165, 1.54) is 4.90 Å². The van der Waals surface area contributed by atoms with E-state index in [9.17, 15) is 9.00 Å². The molecule has 0 aliphatic carbocycles. The fourth-order valence-corrected chi connectivity index (χ4v) is 1.95. The molecule has 0 heterocycles. The van der Waals surface area contributed by atoms with Crippen LogP contribution in [-0.4, -0.2) is 46.2 Å². The summed E-state index contributed by atoms with van der Waals surface area (Å²) in [5.41, 5.74) is 0.656. The maximum absolute atomic E-state index is 11.8. The van der Waals surface area contributed by atoms with Gasteiger partial charge in [0.1, 0.15) is 0 Å². The normalized spacial score (nSPS) is 13.7. The van der Waals surface area contributed by atoms with E-state index in [0.29, 0.717) is 18.7 Å². The summed E-state index contributed by atoms with van der Waals surface area (Å²) in [6, 6.07) is 6.66. The van der Waals surface area contributed by atoms with E-state index in [2.05, 4.69) is 5.32 Å². The number of hydrogen-bond donors (Lipinski definition) is 2. The Morgan fingerprint density at radius 3 is 2.47 bits per heavy atom. The number of nitrogens with one attached hydrogen (secondary N) is 1. The molecule has 19 heavy (non-hydrogen) atoms. The lowest BCUT2D eigenvalue weighted by molar-refractivity contribution is 0.167. The zero-order valence-electron chi connectivity index (χ0n) is 11.4. The number of aliphatic hydroxyl groups excluding tert-OH is 1. The predicted molar refractivity (Wildman–Crippen MR) is 76.7 cm³/mol. The molecule has 2 amide bonds. The molecular formula is C13H20N2O3S. The lowest BCUT2D eigenvalue weighted by Gasteiger charge is -2.18. The lowest BCUT2D eigenvalue weighted by atomic mass is 10.3. The highest BCUT2D eigenvalue weighted by molar-refractivity contribution is 7.84. The topological polar surface area (TPSA) is 69.6 Å². The van der Waals surface area contributed by atoms with Gasteiger partial charge in [0, 0.05) is 41.2 Å². The molecule has 0 bridgehead atoms. The van der Waals surface area contributed by atoms with Crippen LogP contribution in [0.1, 0.15) is 13.3 Å². The zero-order valence-corrected chi connectivity index (χ0v) is 12.2. The van der Waals surface area contributed by atoms with Crippen LogP contribution in [0.25, 0.3) is 0 Å². The van der Waals surface area contributed by atoms with Gasteiger partial charge in [0.2, 0.25) is 0 Å². The van der Waals surface area contributed by atoms with Gasteiger partial charge in [-0.2, -0.15) is 0 Å². The Bertz CT molecular complexity index is 446. The molecule has 1 aromatic rings. The first-order chi connectivity index (χ1) is 8.90. The zero-order chi connectivity index (χ0) is 14.4. The van der Waals surface area contributed by atoms with Crippen LogP contribution < -0.4 is 5.32 Å². The van der Waals surface area contributed by atoms with Gasteiger partial charge in [-0.3, -0.25) is 4.21 Å². The Hall–Kier alpha value is -1.40. The molecule has 1 aromatic carbocycles. The summed E-state index contributed by atoms with van der Waals surface area (Å²) >= 11 is 0. The molecule has 106 valence electrons. The summed E-state index contributed by atoms with van der Waals surface area (Å²) in [7, 11) is 0.656. The fourth-order valence-electron chi connectivity index (χ4n) is 1.43. The standard InChI is InChI=1S/C13H20N2O3S/c1-10(16)8-9-15(2)13(17)14-11-4-6-12(7-5-11)19(3)18/h4-7,10,16H,8-9H2,1-3H3,(H,14,17). The van der Waals surface area contributed by atoms with Crippen molar-refractivity contribution in [2.45, 2.75) is 24.3 Å². The molecule has 2 atom stereocenters. The van der Waals surface area contributed by atoms with Gasteiger partial charge in [-0.25, -0.2) is 4.79 Å². The first-order valence-electron chi connectivity index (χ1n) is 6.04. The number of aliphatic hydroxyl groups is 1. The van der Waals surface area contributed by atoms with Crippen molar-refractivity contribution >= 4 is 22.5 Å². The quantitative estimate of drug-likeness (QED) is 0.864. The summed E-state index contributed by atoms with van der Waals surface area (Å²) in [6.45, 7) is 2.18. The number of hydrogen-bond acceptors (Lipinski definition) is 3. The third-order valence-electron chi connectivity index (χ3n) is 2.67. The molecule has 1 rings (SSSR count). The maximum atomic E-state index is 11.8. The van der Waals surface area contributed by atoms with E-state index in [-0.39, 0.29) is 6.03 Å². The van der Waals surface area contributed by atoms with Crippen molar-refractivity contribution in [2.75, 3.05) is 25.2 Å². The van der Waals surface area contributed by atoms with Crippen molar-refractivity contribution in [2.24, 2.45) is 0 Å². The Kier molecular flexibility index (Phi) is 5.98. The van der Waals surface area contributed by atoms with E-state index in [4.69, 9.17) is 5.11 Å². The Balaban J connectivity index is 2.54. The number of rotatable bonds is 5. The average molecular weight is 284 g/mol. The Labute approximate surface area is 116 Å². The highest BCUT2D eigenvalue weighted by atomic mass is 32.2. The van der Waals surface area contributed by atoms with Crippen LogP contribution in [0.4, 0.5) is 10.5 Å². The lowest BCUT2D eigenvalue weighted by Crippen LogP contribution is -2.33. The minimum Gasteiger partial charge on any atom is -0.393 e. The highest BCUT2D eigenvalue weighted by Crippen LogP contribution is 2.12. The second-order valence-electron chi connectivity index (χ2n) is 4.47. The van der Waals surface area contributed by atoms with Gasteiger partial charge in [0.05, 0.1) is 6.10 Å². The van der Waals surface area contributed by atoms with Crippen LogP contribution in [-0.2, 0) is 10.8 Å². The molecule has 0 aliphatic heterocycles. The summed E-state index contributed by atoms with van der Waals surface area (Å²) in [5, 5.41) is 11.9. The number of carbonyl (C=O) groups excluding carboxylic acids is 1. The van der Waals surface area contributed by atoms with Crippen molar-refractivity contribution in [3.8, 4) is 0 Å². The van der Waals surface area contributed by atoms with E-state index >= 15 is 0 Å². The number of benzene rings is 1. The van der Waals surface area contributed by atoms with Gasteiger partial charge in [0.25, 0.3) is 0 Å². The van der Waals surface area contributed by atoms with Crippen molar-refractivity contribution in [3.63, 3.8) is 0 Å².